The summed E-state index contributed by atoms with van der Waals surface area (Å²) in [6.45, 7) is 5.57. The minimum atomic E-state index is -4.37. The standard InChI is InChI=1S/C19H19F3N2O/c1-4-5-17(25)10-11-24-18(14(2)13-23-3)12-15-6-8-16(9-7-15)19(20,21)22/h4-11,13H,2,12H2,1,3H3/b5-4+,11-10+,23-13?,24-18?. The van der Waals surface area contributed by atoms with Gasteiger partial charge in [-0.3, -0.25) is 14.8 Å². The van der Waals surface area contributed by atoms with Crippen molar-refractivity contribution < 1.29 is 18.0 Å². The normalized spacial score (nSPS) is 13.2. The third kappa shape index (κ3) is 7.12. The number of aliphatic imine (C=N–C) groups is 2. The van der Waals surface area contributed by atoms with Gasteiger partial charge in [-0.05, 0) is 30.7 Å². The van der Waals surface area contributed by atoms with E-state index < -0.39 is 11.7 Å². The molecule has 1 aromatic carbocycles. The number of alkyl halides is 3. The van der Waals surface area contributed by atoms with E-state index in [2.05, 4.69) is 16.6 Å². The van der Waals surface area contributed by atoms with Crippen LogP contribution in [0.5, 0.6) is 0 Å². The van der Waals surface area contributed by atoms with Gasteiger partial charge in [0.05, 0.1) is 11.3 Å². The van der Waals surface area contributed by atoms with Gasteiger partial charge in [-0.1, -0.05) is 24.8 Å². The Hall–Kier alpha value is -2.76. The van der Waals surface area contributed by atoms with Gasteiger partial charge in [0.25, 0.3) is 0 Å². The molecule has 0 saturated heterocycles. The highest BCUT2D eigenvalue weighted by atomic mass is 19.4. The summed E-state index contributed by atoms with van der Waals surface area (Å²) < 4.78 is 37.8. The predicted octanol–water partition coefficient (Wildman–Crippen LogP) is 4.60. The van der Waals surface area contributed by atoms with Gasteiger partial charge in [0.2, 0.25) is 0 Å². The minimum Gasteiger partial charge on any atom is -0.296 e. The summed E-state index contributed by atoms with van der Waals surface area (Å²) in [5.74, 6) is -0.213. The first-order valence-electron chi connectivity index (χ1n) is 7.45. The van der Waals surface area contributed by atoms with Gasteiger partial charge < -0.3 is 0 Å². The second kappa shape index (κ2) is 9.52. The van der Waals surface area contributed by atoms with Crippen LogP contribution in [-0.4, -0.2) is 24.8 Å². The molecule has 0 bridgehead atoms. The Kier molecular flexibility index (Phi) is 7.72. The molecule has 25 heavy (non-hydrogen) atoms. The first-order valence-corrected chi connectivity index (χ1v) is 7.45. The molecular formula is C19H19F3N2O. The van der Waals surface area contributed by atoms with Crippen molar-refractivity contribution in [3.63, 3.8) is 0 Å². The number of halogens is 3. The van der Waals surface area contributed by atoms with Crippen molar-refractivity contribution in [2.45, 2.75) is 19.5 Å². The Morgan fingerprint density at radius 1 is 1.20 bits per heavy atom. The predicted molar refractivity (Wildman–Crippen MR) is 95.1 cm³/mol. The number of nitrogens with zero attached hydrogens (tertiary/aromatic N) is 2. The Labute approximate surface area is 145 Å². The van der Waals surface area contributed by atoms with Crippen molar-refractivity contribution in [3.8, 4) is 0 Å². The molecule has 0 aromatic heterocycles. The molecule has 0 unspecified atom stereocenters. The molecule has 0 saturated carbocycles. The van der Waals surface area contributed by atoms with Crippen LogP contribution in [0.25, 0.3) is 0 Å². The Balaban J connectivity index is 3.01. The lowest BCUT2D eigenvalue weighted by Crippen LogP contribution is -2.09. The molecule has 0 spiro atoms. The lowest BCUT2D eigenvalue weighted by atomic mass is 10.0. The topological polar surface area (TPSA) is 41.8 Å². The molecule has 0 atom stereocenters. The SMILES string of the molecule is C=C(C=NC)C(Cc1ccc(C(F)(F)F)cc1)=N/C=C/C(=O)/C=C/C. The van der Waals surface area contributed by atoms with Crippen molar-refractivity contribution in [3.05, 3.63) is 72.0 Å². The molecule has 0 heterocycles. The summed E-state index contributed by atoms with van der Waals surface area (Å²) in [6, 6.07) is 4.83. The summed E-state index contributed by atoms with van der Waals surface area (Å²) in [5.41, 5.74) is 0.964. The largest absolute Gasteiger partial charge is 0.416 e. The van der Waals surface area contributed by atoms with Crippen LogP contribution in [0, 0.1) is 0 Å². The summed E-state index contributed by atoms with van der Waals surface area (Å²) in [4.78, 5) is 19.5. The monoisotopic (exact) mass is 348 g/mol. The molecule has 1 rings (SSSR count). The zero-order valence-electron chi connectivity index (χ0n) is 14.0. The number of rotatable bonds is 7. The lowest BCUT2D eigenvalue weighted by Gasteiger charge is -2.09. The highest BCUT2D eigenvalue weighted by Crippen LogP contribution is 2.29. The smallest absolute Gasteiger partial charge is 0.296 e. The third-order valence-corrected chi connectivity index (χ3v) is 3.11. The molecule has 1 aromatic rings. The number of carbonyl (C=O) groups excluding carboxylic acids is 1. The van der Waals surface area contributed by atoms with E-state index in [1.807, 2.05) is 0 Å². The molecule has 3 nitrogen and oxygen atoms in total. The van der Waals surface area contributed by atoms with Gasteiger partial charge in [0.1, 0.15) is 0 Å². The first-order chi connectivity index (χ1) is 11.8. The van der Waals surface area contributed by atoms with Crippen LogP contribution < -0.4 is 0 Å². The van der Waals surface area contributed by atoms with E-state index in [1.54, 1.807) is 20.0 Å². The molecule has 0 aliphatic rings. The fourth-order valence-electron chi connectivity index (χ4n) is 1.90. The van der Waals surface area contributed by atoms with E-state index in [1.165, 1.54) is 36.7 Å². The number of allylic oxidation sites excluding steroid dienone is 4. The van der Waals surface area contributed by atoms with Crippen LogP contribution in [-0.2, 0) is 17.4 Å². The molecule has 0 aliphatic carbocycles. The van der Waals surface area contributed by atoms with E-state index in [0.29, 0.717) is 16.8 Å². The highest BCUT2D eigenvalue weighted by Gasteiger charge is 2.29. The number of hydrogen-bond acceptors (Lipinski definition) is 3. The first kappa shape index (κ1) is 20.3. The Morgan fingerprint density at radius 2 is 1.84 bits per heavy atom. The summed E-state index contributed by atoms with van der Waals surface area (Å²) in [7, 11) is 1.58. The van der Waals surface area contributed by atoms with Crippen LogP contribution in [0.2, 0.25) is 0 Å². The van der Waals surface area contributed by atoms with Gasteiger partial charge in [0.15, 0.2) is 5.78 Å². The van der Waals surface area contributed by atoms with Gasteiger partial charge in [0, 0.05) is 37.5 Å². The maximum absolute atomic E-state index is 12.6. The highest BCUT2D eigenvalue weighted by molar-refractivity contribution is 6.16. The van der Waals surface area contributed by atoms with Crippen molar-refractivity contribution in [1.29, 1.82) is 0 Å². The maximum Gasteiger partial charge on any atom is 0.416 e. The van der Waals surface area contributed by atoms with Crippen molar-refractivity contribution in [2.24, 2.45) is 9.98 Å². The zero-order chi connectivity index (χ0) is 18.9. The van der Waals surface area contributed by atoms with Gasteiger partial charge in [-0.15, -0.1) is 0 Å². The van der Waals surface area contributed by atoms with Crippen LogP contribution in [0.1, 0.15) is 18.1 Å². The second-order valence-electron chi connectivity index (χ2n) is 5.08. The van der Waals surface area contributed by atoms with E-state index in [0.717, 1.165) is 12.1 Å². The lowest BCUT2D eigenvalue weighted by molar-refractivity contribution is -0.137. The van der Waals surface area contributed by atoms with Crippen LogP contribution >= 0.6 is 0 Å². The second-order valence-corrected chi connectivity index (χ2v) is 5.08. The number of carbonyl (C=O) groups is 1. The summed E-state index contributed by atoms with van der Waals surface area (Å²) >= 11 is 0. The average molecular weight is 348 g/mol. The molecule has 0 amide bonds. The summed E-state index contributed by atoms with van der Waals surface area (Å²) in [5, 5.41) is 0. The van der Waals surface area contributed by atoms with E-state index >= 15 is 0 Å². The number of benzene rings is 1. The molecule has 0 N–H and O–H groups in total. The van der Waals surface area contributed by atoms with Crippen molar-refractivity contribution >= 4 is 17.7 Å². The average Bonchev–Trinajstić information content (AvgIpc) is 2.54. The quantitative estimate of drug-likeness (QED) is 0.524. The molecule has 6 heteroatoms. The molecule has 0 radical (unpaired) electrons. The molecule has 0 aliphatic heterocycles. The third-order valence-electron chi connectivity index (χ3n) is 3.11. The van der Waals surface area contributed by atoms with E-state index in [4.69, 9.17) is 0 Å². The fourth-order valence-corrected chi connectivity index (χ4v) is 1.90. The van der Waals surface area contributed by atoms with Crippen molar-refractivity contribution in [2.75, 3.05) is 7.05 Å². The number of ketones is 1. The zero-order valence-corrected chi connectivity index (χ0v) is 14.0. The Morgan fingerprint density at radius 3 is 2.36 bits per heavy atom. The maximum atomic E-state index is 12.6. The summed E-state index contributed by atoms with van der Waals surface area (Å²) in [6.07, 6.45) is 3.05. The van der Waals surface area contributed by atoms with Gasteiger partial charge in [-0.2, -0.15) is 13.2 Å². The number of hydrogen-bond donors (Lipinski definition) is 0. The van der Waals surface area contributed by atoms with Gasteiger partial charge >= 0.3 is 6.18 Å². The molecule has 0 fully saturated rings. The van der Waals surface area contributed by atoms with Gasteiger partial charge in [-0.25, -0.2) is 0 Å². The van der Waals surface area contributed by atoms with Crippen molar-refractivity contribution in [1.82, 2.24) is 0 Å². The van der Waals surface area contributed by atoms with Crippen LogP contribution in [0.15, 0.2) is 70.8 Å². The van der Waals surface area contributed by atoms with E-state index in [9.17, 15) is 18.0 Å². The molecular weight excluding hydrogens is 329 g/mol. The minimum absolute atomic E-state index is 0.213. The Bertz CT molecular complexity index is 724. The van der Waals surface area contributed by atoms with Crippen LogP contribution in [0.4, 0.5) is 13.2 Å². The fraction of sp³-hybridized carbons (Fsp3) is 0.211. The van der Waals surface area contributed by atoms with Crippen LogP contribution in [0.3, 0.4) is 0 Å². The van der Waals surface area contributed by atoms with E-state index in [-0.39, 0.29) is 12.2 Å². The molecule has 132 valence electrons.